The fourth-order valence-electron chi connectivity index (χ4n) is 1.95. The van der Waals surface area contributed by atoms with E-state index in [4.69, 9.17) is 0 Å². The smallest absolute Gasteiger partial charge is 0.140 e. The van der Waals surface area contributed by atoms with Crippen molar-refractivity contribution >= 4 is 16.5 Å². The average Bonchev–Trinajstić information content (AvgIpc) is 3.09. The van der Waals surface area contributed by atoms with E-state index in [1.165, 1.54) is 11.5 Å². The quantitative estimate of drug-likeness (QED) is 0.792. The largest absolute Gasteiger partial charge is 0.377 e. The molecule has 0 amide bonds. The molecule has 2 aromatic heterocycles. The normalized spacial score (nSPS) is 10.6. The molecule has 0 bridgehead atoms. The van der Waals surface area contributed by atoms with Gasteiger partial charge in [-0.1, -0.05) is 34.8 Å². The van der Waals surface area contributed by atoms with Crippen LogP contribution in [0.4, 0.5) is 5.00 Å². The lowest BCUT2D eigenvalue weighted by atomic mass is 10.2. The van der Waals surface area contributed by atoms with Crippen LogP contribution in [-0.4, -0.2) is 26.2 Å². The lowest BCUT2D eigenvalue weighted by Gasteiger charge is -2.07. The first-order chi connectivity index (χ1) is 9.38. The molecule has 3 aromatic rings. The molecule has 0 saturated heterocycles. The Morgan fingerprint density at radius 3 is 2.89 bits per heavy atom. The van der Waals surface area contributed by atoms with E-state index >= 15 is 0 Å². The van der Waals surface area contributed by atoms with Gasteiger partial charge in [0.05, 0.1) is 6.54 Å². The minimum Gasteiger partial charge on any atom is -0.377 e. The molecule has 0 aliphatic rings. The summed E-state index contributed by atoms with van der Waals surface area (Å²) < 4.78 is 6.05. The number of imidazole rings is 1. The van der Waals surface area contributed by atoms with Crippen LogP contribution in [0.5, 0.6) is 0 Å². The second-order valence-electron chi connectivity index (χ2n) is 4.04. The van der Waals surface area contributed by atoms with Crippen molar-refractivity contribution < 1.29 is 0 Å². The number of nitrogens with one attached hydrogen (secondary N) is 1. The lowest BCUT2D eigenvalue weighted by molar-refractivity contribution is 0.777. The molecule has 2 heterocycles. The van der Waals surface area contributed by atoms with Crippen molar-refractivity contribution in [3.05, 3.63) is 48.4 Å². The minimum absolute atomic E-state index is 0.664. The number of rotatable bonds is 4. The van der Waals surface area contributed by atoms with E-state index in [0.717, 1.165) is 22.1 Å². The molecule has 0 radical (unpaired) electrons. The first-order valence-corrected chi connectivity index (χ1v) is 6.71. The summed E-state index contributed by atoms with van der Waals surface area (Å²) in [7, 11) is 1.88. The summed E-state index contributed by atoms with van der Waals surface area (Å²) in [6.07, 6.45) is 3.77. The van der Waals surface area contributed by atoms with Gasteiger partial charge in [-0.05, 0) is 0 Å². The van der Waals surface area contributed by atoms with Gasteiger partial charge >= 0.3 is 0 Å². The molecule has 0 spiro atoms. The summed E-state index contributed by atoms with van der Waals surface area (Å²) in [5.41, 5.74) is 2.03. The van der Waals surface area contributed by atoms with E-state index in [9.17, 15) is 0 Å². The van der Waals surface area contributed by atoms with Gasteiger partial charge in [0.2, 0.25) is 0 Å². The highest BCUT2D eigenvalue weighted by Crippen LogP contribution is 2.21. The number of anilines is 1. The molecule has 1 aromatic carbocycles. The molecule has 19 heavy (non-hydrogen) atoms. The fraction of sp³-hybridized carbons (Fsp3) is 0.154. The molecule has 96 valence electrons. The third kappa shape index (κ3) is 2.34. The topological polar surface area (TPSA) is 55.6 Å². The molecule has 5 nitrogen and oxygen atoms in total. The predicted molar refractivity (Wildman–Crippen MR) is 76.2 cm³/mol. The highest BCUT2D eigenvalue weighted by Gasteiger charge is 2.10. The van der Waals surface area contributed by atoms with E-state index in [2.05, 4.69) is 36.6 Å². The van der Waals surface area contributed by atoms with Crippen molar-refractivity contribution in [1.29, 1.82) is 0 Å². The van der Waals surface area contributed by atoms with Crippen LogP contribution < -0.4 is 5.32 Å². The Labute approximate surface area is 115 Å². The molecule has 3 rings (SSSR count). The lowest BCUT2D eigenvalue weighted by Crippen LogP contribution is -2.03. The maximum atomic E-state index is 4.42. The first-order valence-electron chi connectivity index (χ1n) is 5.94. The summed E-state index contributed by atoms with van der Waals surface area (Å²) >= 11 is 1.37. The van der Waals surface area contributed by atoms with Crippen molar-refractivity contribution in [3.8, 4) is 11.4 Å². The zero-order valence-corrected chi connectivity index (χ0v) is 11.3. The van der Waals surface area contributed by atoms with Crippen molar-refractivity contribution in [3.63, 3.8) is 0 Å². The number of benzene rings is 1. The van der Waals surface area contributed by atoms with E-state index in [0.29, 0.717) is 6.54 Å². The van der Waals surface area contributed by atoms with Crippen LogP contribution in [0.2, 0.25) is 0 Å². The number of aromatic nitrogens is 4. The Hall–Kier alpha value is -2.21. The maximum absolute atomic E-state index is 4.42. The van der Waals surface area contributed by atoms with Crippen molar-refractivity contribution in [2.24, 2.45) is 0 Å². The standard InChI is InChI=1S/C13H13N5S/c1-14-13-11(16-17-19-13)9-18-8-7-15-12(18)10-5-3-2-4-6-10/h2-8,14H,9H2,1H3. The van der Waals surface area contributed by atoms with E-state index in [1.54, 1.807) is 6.20 Å². The van der Waals surface area contributed by atoms with Crippen molar-refractivity contribution in [2.45, 2.75) is 6.54 Å². The summed E-state index contributed by atoms with van der Waals surface area (Å²) in [6.45, 7) is 0.664. The summed E-state index contributed by atoms with van der Waals surface area (Å²) in [5.74, 6) is 0.940. The monoisotopic (exact) mass is 271 g/mol. The van der Waals surface area contributed by atoms with Gasteiger partial charge in [-0.25, -0.2) is 4.98 Å². The highest BCUT2D eigenvalue weighted by molar-refractivity contribution is 7.10. The Kier molecular flexibility index (Phi) is 3.24. The van der Waals surface area contributed by atoms with Gasteiger partial charge in [0.1, 0.15) is 16.5 Å². The summed E-state index contributed by atoms with van der Waals surface area (Å²) in [4.78, 5) is 4.42. The second kappa shape index (κ2) is 5.19. The molecule has 1 N–H and O–H groups in total. The Balaban J connectivity index is 1.93. The Bertz CT molecular complexity index is 658. The minimum atomic E-state index is 0.664. The van der Waals surface area contributed by atoms with Crippen molar-refractivity contribution in [2.75, 3.05) is 12.4 Å². The fourth-order valence-corrected chi connectivity index (χ4v) is 2.47. The van der Waals surface area contributed by atoms with Crippen LogP contribution >= 0.6 is 11.5 Å². The molecule has 0 unspecified atom stereocenters. The molecule has 0 fully saturated rings. The third-order valence-electron chi connectivity index (χ3n) is 2.85. The first kappa shape index (κ1) is 11.9. The van der Waals surface area contributed by atoms with Gasteiger partial charge in [-0.3, -0.25) is 0 Å². The predicted octanol–water partition coefficient (Wildman–Crippen LogP) is 2.49. The van der Waals surface area contributed by atoms with Crippen LogP contribution in [-0.2, 0) is 6.54 Å². The Morgan fingerprint density at radius 1 is 1.26 bits per heavy atom. The average molecular weight is 271 g/mol. The highest BCUT2D eigenvalue weighted by atomic mass is 32.1. The number of nitrogens with zero attached hydrogens (tertiary/aromatic N) is 4. The third-order valence-corrected chi connectivity index (χ3v) is 3.64. The summed E-state index contributed by atoms with van der Waals surface area (Å²) in [6, 6.07) is 10.1. The zero-order valence-electron chi connectivity index (χ0n) is 10.4. The Morgan fingerprint density at radius 2 is 2.11 bits per heavy atom. The van der Waals surface area contributed by atoms with Crippen LogP contribution in [0.3, 0.4) is 0 Å². The van der Waals surface area contributed by atoms with Crippen LogP contribution in [0.25, 0.3) is 11.4 Å². The van der Waals surface area contributed by atoms with E-state index in [-0.39, 0.29) is 0 Å². The van der Waals surface area contributed by atoms with Gasteiger partial charge in [0.25, 0.3) is 0 Å². The SMILES string of the molecule is CNc1snnc1Cn1ccnc1-c1ccccc1. The van der Waals surface area contributed by atoms with Gasteiger partial charge < -0.3 is 9.88 Å². The molecular weight excluding hydrogens is 258 g/mol. The van der Waals surface area contributed by atoms with Crippen LogP contribution in [0.15, 0.2) is 42.7 Å². The van der Waals surface area contributed by atoms with Gasteiger partial charge in [-0.15, -0.1) is 5.10 Å². The van der Waals surface area contributed by atoms with Gasteiger partial charge in [-0.2, -0.15) is 0 Å². The molecule has 0 saturated carbocycles. The van der Waals surface area contributed by atoms with Crippen LogP contribution in [0, 0.1) is 0 Å². The maximum Gasteiger partial charge on any atom is 0.140 e. The number of hydrogen-bond donors (Lipinski definition) is 1. The number of hydrogen-bond acceptors (Lipinski definition) is 5. The van der Waals surface area contributed by atoms with E-state index in [1.807, 2.05) is 31.4 Å². The van der Waals surface area contributed by atoms with Gasteiger partial charge in [0.15, 0.2) is 0 Å². The molecule has 0 aliphatic carbocycles. The van der Waals surface area contributed by atoms with Crippen molar-refractivity contribution in [1.82, 2.24) is 19.1 Å². The molecule has 0 aliphatic heterocycles. The molecular formula is C13H13N5S. The molecule has 6 heteroatoms. The molecule has 0 atom stereocenters. The van der Waals surface area contributed by atoms with E-state index < -0.39 is 0 Å². The van der Waals surface area contributed by atoms with Gasteiger partial charge in [0, 0.05) is 36.5 Å². The van der Waals surface area contributed by atoms with Crippen LogP contribution in [0.1, 0.15) is 5.69 Å². The summed E-state index contributed by atoms with van der Waals surface area (Å²) in [5, 5.41) is 8.25. The second-order valence-corrected chi connectivity index (χ2v) is 4.80. The zero-order chi connectivity index (χ0) is 13.1.